The molecule has 0 aliphatic heterocycles. The maximum absolute atomic E-state index is 11.0. The third-order valence-corrected chi connectivity index (χ3v) is 1.77. The van der Waals surface area contributed by atoms with Crippen molar-refractivity contribution in [3.05, 3.63) is 0 Å². The monoisotopic (exact) mass is 237 g/mol. The van der Waals surface area contributed by atoms with Crippen LogP contribution in [-0.2, 0) is 9.53 Å². The summed E-state index contributed by atoms with van der Waals surface area (Å²) in [6.07, 6.45) is 0.299. The van der Waals surface area contributed by atoms with Gasteiger partial charge in [0.2, 0.25) is 0 Å². The summed E-state index contributed by atoms with van der Waals surface area (Å²) >= 11 is 0. The number of aliphatic hydroxyl groups excluding tert-OH is 2. The van der Waals surface area contributed by atoms with Crippen molar-refractivity contribution in [3.63, 3.8) is 0 Å². The number of hydrazine groups is 1. The van der Waals surface area contributed by atoms with Gasteiger partial charge >= 0.3 is 5.97 Å². The number of hydrogen-bond donors (Lipinski definition) is 4. The highest BCUT2D eigenvalue weighted by Gasteiger charge is 2.07. The highest BCUT2D eigenvalue weighted by Crippen LogP contribution is 1.93. The molecule has 0 fully saturated rings. The summed E-state index contributed by atoms with van der Waals surface area (Å²) < 4.78 is 4.76. The Morgan fingerprint density at radius 2 is 1.69 bits per heavy atom. The van der Waals surface area contributed by atoms with E-state index in [2.05, 4.69) is 11.7 Å². The van der Waals surface area contributed by atoms with Crippen molar-refractivity contribution in [1.29, 1.82) is 0 Å². The van der Waals surface area contributed by atoms with Crippen LogP contribution in [0.2, 0.25) is 0 Å². The van der Waals surface area contributed by atoms with Gasteiger partial charge < -0.3 is 14.9 Å². The van der Waals surface area contributed by atoms with Crippen molar-refractivity contribution < 1.29 is 19.7 Å². The van der Waals surface area contributed by atoms with Crippen LogP contribution >= 0.6 is 0 Å². The fraction of sp³-hybridized carbons (Fsp3) is 0.889. The van der Waals surface area contributed by atoms with Crippen molar-refractivity contribution in [2.75, 3.05) is 39.5 Å². The number of hydrogen-bond acceptors (Lipinski definition) is 7. The average Bonchev–Trinajstić information content (AvgIpc) is 2.30. The predicted octanol–water partition coefficient (Wildman–Crippen LogP) is -1.95. The first-order valence-corrected chi connectivity index (χ1v) is 5.17. The zero-order chi connectivity index (χ0) is 12.8. The maximum Gasteiger partial charge on any atom is 0.307 e. The molecule has 16 heavy (non-hydrogen) atoms. The minimum Gasteiger partial charge on any atom is -0.466 e. The third kappa shape index (κ3) is 11.3. The van der Waals surface area contributed by atoms with Crippen molar-refractivity contribution in [2.45, 2.75) is 13.3 Å². The summed E-state index contributed by atoms with van der Waals surface area (Å²) in [5.74, 6) is 7.76. The molecule has 0 aliphatic carbocycles. The molecule has 6 N–H and O–H groups in total. The fourth-order valence-corrected chi connectivity index (χ4v) is 1.10. The Kier molecular flexibility index (Phi) is 15.7. The van der Waals surface area contributed by atoms with E-state index in [1.54, 1.807) is 6.92 Å². The lowest BCUT2D eigenvalue weighted by molar-refractivity contribution is -0.143. The summed E-state index contributed by atoms with van der Waals surface area (Å²) in [7, 11) is 0. The van der Waals surface area contributed by atoms with E-state index in [1.807, 2.05) is 4.90 Å². The van der Waals surface area contributed by atoms with Gasteiger partial charge in [-0.2, -0.15) is 0 Å². The fourth-order valence-electron chi connectivity index (χ4n) is 1.10. The van der Waals surface area contributed by atoms with E-state index in [0.717, 1.165) is 0 Å². The molecule has 0 heterocycles. The summed E-state index contributed by atoms with van der Waals surface area (Å²) in [4.78, 5) is 12.8. The molecule has 0 spiro atoms. The zero-order valence-corrected chi connectivity index (χ0v) is 9.76. The first-order chi connectivity index (χ1) is 7.74. The molecule has 0 saturated heterocycles. The Hall–Kier alpha value is -0.730. The minimum absolute atomic E-state index is 0.0306. The number of nitrogens with zero attached hydrogens (tertiary/aromatic N) is 1. The first-order valence-electron chi connectivity index (χ1n) is 5.17. The van der Waals surface area contributed by atoms with Gasteiger partial charge in [0.25, 0.3) is 0 Å². The second-order valence-electron chi connectivity index (χ2n) is 2.84. The number of nitrogens with two attached hydrogens (primary N) is 2. The van der Waals surface area contributed by atoms with Crippen LogP contribution in [0.4, 0.5) is 0 Å². The molecule has 0 bridgehead atoms. The Morgan fingerprint density at radius 3 is 2.06 bits per heavy atom. The molecule has 0 rings (SSSR count). The normalized spacial score (nSPS) is 9.62. The van der Waals surface area contributed by atoms with Crippen molar-refractivity contribution in [2.24, 2.45) is 11.7 Å². The lowest BCUT2D eigenvalue weighted by Gasteiger charge is -2.19. The number of carbonyl (C=O) groups excluding carboxylic acids is 1. The van der Waals surface area contributed by atoms with E-state index in [4.69, 9.17) is 14.9 Å². The van der Waals surface area contributed by atoms with Crippen LogP contribution in [0, 0.1) is 0 Å². The SMILES string of the molecule is CCOC(=O)CCN(CCO)CCO.NN. The second kappa shape index (κ2) is 14.3. The van der Waals surface area contributed by atoms with Gasteiger partial charge in [0.05, 0.1) is 26.2 Å². The highest BCUT2D eigenvalue weighted by atomic mass is 16.5. The van der Waals surface area contributed by atoms with Gasteiger partial charge in [-0.15, -0.1) is 0 Å². The molecular weight excluding hydrogens is 214 g/mol. The van der Waals surface area contributed by atoms with Crippen LogP contribution in [0.15, 0.2) is 0 Å². The lowest BCUT2D eigenvalue weighted by atomic mass is 10.3. The standard InChI is InChI=1S/C9H19NO4.H4N2/c1-2-14-9(13)3-4-10(5-7-11)6-8-12;1-2/h11-12H,2-8H2,1H3;1-2H2. The summed E-state index contributed by atoms with van der Waals surface area (Å²) in [6.45, 7) is 3.67. The number of aliphatic hydroxyl groups is 2. The summed E-state index contributed by atoms with van der Waals surface area (Å²) in [5.41, 5.74) is 0. The number of ether oxygens (including phenoxy) is 1. The lowest BCUT2D eigenvalue weighted by Crippen LogP contribution is -2.32. The summed E-state index contributed by atoms with van der Waals surface area (Å²) in [6, 6.07) is 0. The highest BCUT2D eigenvalue weighted by molar-refractivity contribution is 5.69. The van der Waals surface area contributed by atoms with Crippen LogP contribution in [0.5, 0.6) is 0 Å². The topological polar surface area (TPSA) is 122 Å². The maximum atomic E-state index is 11.0. The molecule has 7 nitrogen and oxygen atoms in total. The van der Waals surface area contributed by atoms with Crippen LogP contribution in [0.3, 0.4) is 0 Å². The van der Waals surface area contributed by atoms with E-state index in [1.165, 1.54) is 0 Å². The molecule has 98 valence electrons. The third-order valence-electron chi connectivity index (χ3n) is 1.77. The van der Waals surface area contributed by atoms with Gasteiger partial charge in [-0.3, -0.25) is 21.4 Å². The molecule has 0 unspecified atom stereocenters. The van der Waals surface area contributed by atoms with Gasteiger partial charge in [-0.1, -0.05) is 0 Å². The van der Waals surface area contributed by atoms with E-state index < -0.39 is 0 Å². The molecule has 0 radical (unpaired) electrons. The molecule has 0 aromatic carbocycles. The molecule has 0 aromatic heterocycles. The Morgan fingerprint density at radius 1 is 1.19 bits per heavy atom. The van der Waals surface area contributed by atoms with Gasteiger partial charge in [0.15, 0.2) is 0 Å². The molecule has 0 aromatic rings. The van der Waals surface area contributed by atoms with E-state index >= 15 is 0 Å². The minimum atomic E-state index is -0.242. The Labute approximate surface area is 95.9 Å². The van der Waals surface area contributed by atoms with Crippen molar-refractivity contribution in [1.82, 2.24) is 4.90 Å². The molecule has 0 saturated carbocycles. The van der Waals surface area contributed by atoms with Crippen molar-refractivity contribution >= 4 is 5.97 Å². The number of esters is 1. The molecule has 7 heteroatoms. The van der Waals surface area contributed by atoms with Gasteiger partial charge in [0, 0.05) is 19.6 Å². The van der Waals surface area contributed by atoms with E-state index in [0.29, 0.717) is 32.7 Å². The van der Waals surface area contributed by atoms with Gasteiger partial charge in [-0.25, -0.2) is 0 Å². The molecule has 0 amide bonds. The smallest absolute Gasteiger partial charge is 0.307 e. The van der Waals surface area contributed by atoms with Gasteiger partial charge in [-0.05, 0) is 6.92 Å². The molecule has 0 atom stereocenters. The van der Waals surface area contributed by atoms with Crippen LogP contribution in [-0.4, -0.2) is 60.5 Å². The molecular formula is C9H23N3O4. The van der Waals surface area contributed by atoms with Crippen LogP contribution in [0.25, 0.3) is 0 Å². The predicted molar refractivity (Wildman–Crippen MR) is 60.2 cm³/mol. The number of rotatable bonds is 8. The van der Waals surface area contributed by atoms with Gasteiger partial charge in [0.1, 0.15) is 0 Å². The van der Waals surface area contributed by atoms with Crippen LogP contribution in [0.1, 0.15) is 13.3 Å². The number of carbonyl (C=O) groups is 1. The Bertz CT molecular complexity index is 152. The first kappa shape index (κ1) is 17.7. The second-order valence-corrected chi connectivity index (χ2v) is 2.84. The largest absolute Gasteiger partial charge is 0.466 e. The average molecular weight is 237 g/mol. The summed E-state index contributed by atoms with van der Waals surface area (Å²) in [5, 5.41) is 17.4. The quantitative estimate of drug-likeness (QED) is 0.220. The van der Waals surface area contributed by atoms with E-state index in [-0.39, 0.29) is 19.2 Å². The van der Waals surface area contributed by atoms with Crippen molar-refractivity contribution in [3.8, 4) is 0 Å². The van der Waals surface area contributed by atoms with Crippen LogP contribution < -0.4 is 11.7 Å². The van der Waals surface area contributed by atoms with E-state index in [9.17, 15) is 4.79 Å². The molecule has 0 aliphatic rings. The zero-order valence-electron chi connectivity index (χ0n) is 9.76. The Balaban J connectivity index is 0.